The number of nitrogens with one attached hydrogen (secondary N) is 2. The molecule has 146 valence electrons. The standard InChI is InChI=1S/C19H24N2O4S2/c1-4-25-16-6-9-18(10-7-16)27(23,24)21-20-19(22)11-12-26-17-8-5-14(2)15(3)13-17/h5-10,13,21H,4,11-12H2,1-3H3,(H,20,22). The quantitative estimate of drug-likeness (QED) is 0.492. The molecular weight excluding hydrogens is 384 g/mol. The van der Waals surface area contributed by atoms with E-state index in [9.17, 15) is 13.2 Å². The number of hydrogen-bond donors (Lipinski definition) is 2. The molecule has 0 bridgehead atoms. The monoisotopic (exact) mass is 408 g/mol. The van der Waals surface area contributed by atoms with Crippen molar-refractivity contribution in [1.29, 1.82) is 0 Å². The number of benzene rings is 2. The molecule has 2 rings (SSSR count). The predicted octanol–water partition coefficient (Wildman–Crippen LogP) is 3.19. The summed E-state index contributed by atoms with van der Waals surface area (Å²) in [6.07, 6.45) is 0.198. The highest BCUT2D eigenvalue weighted by molar-refractivity contribution is 7.99. The van der Waals surface area contributed by atoms with Gasteiger partial charge < -0.3 is 4.74 Å². The molecule has 27 heavy (non-hydrogen) atoms. The van der Waals surface area contributed by atoms with Gasteiger partial charge >= 0.3 is 0 Å². The first-order valence-electron chi connectivity index (χ1n) is 8.55. The molecule has 0 aromatic heterocycles. The van der Waals surface area contributed by atoms with Crippen molar-refractivity contribution < 1.29 is 17.9 Å². The van der Waals surface area contributed by atoms with Crippen LogP contribution < -0.4 is 15.0 Å². The number of rotatable bonds is 9. The van der Waals surface area contributed by atoms with Crippen molar-refractivity contribution in [3.8, 4) is 5.75 Å². The summed E-state index contributed by atoms with van der Waals surface area (Å²) >= 11 is 1.56. The fraction of sp³-hybridized carbons (Fsp3) is 0.316. The molecule has 2 aromatic carbocycles. The average molecular weight is 409 g/mol. The van der Waals surface area contributed by atoms with Crippen molar-refractivity contribution in [2.24, 2.45) is 0 Å². The first kappa shape index (κ1) is 21.3. The lowest BCUT2D eigenvalue weighted by atomic mass is 10.1. The van der Waals surface area contributed by atoms with E-state index in [0.29, 0.717) is 18.1 Å². The Morgan fingerprint density at radius 2 is 1.78 bits per heavy atom. The van der Waals surface area contributed by atoms with Gasteiger partial charge in [-0.2, -0.15) is 0 Å². The van der Waals surface area contributed by atoms with Crippen molar-refractivity contribution in [3.05, 3.63) is 53.6 Å². The second kappa shape index (κ2) is 9.77. The summed E-state index contributed by atoms with van der Waals surface area (Å²) in [5.41, 5.74) is 4.67. The average Bonchev–Trinajstić information content (AvgIpc) is 2.64. The van der Waals surface area contributed by atoms with E-state index in [0.717, 1.165) is 4.90 Å². The van der Waals surface area contributed by atoms with E-state index in [1.165, 1.54) is 23.3 Å². The van der Waals surface area contributed by atoms with Crippen LogP contribution in [0.3, 0.4) is 0 Å². The Hall–Kier alpha value is -2.03. The summed E-state index contributed by atoms with van der Waals surface area (Å²) in [7, 11) is -3.82. The lowest BCUT2D eigenvalue weighted by Crippen LogP contribution is -2.41. The molecule has 0 aliphatic heterocycles. The molecule has 0 spiro atoms. The lowest BCUT2D eigenvalue weighted by molar-refractivity contribution is -0.121. The first-order valence-corrected chi connectivity index (χ1v) is 11.0. The van der Waals surface area contributed by atoms with Crippen molar-refractivity contribution in [2.75, 3.05) is 12.4 Å². The number of aryl methyl sites for hydroxylation is 2. The molecule has 0 unspecified atom stereocenters. The van der Waals surface area contributed by atoms with E-state index in [4.69, 9.17) is 4.74 Å². The minimum Gasteiger partial charge on any atom is -0.494 e. The molecule has 0 fully saturated rings. The number of carbonyl (C=O) groups excluding carboxylic acids is 1. The van der Waals surface area contributed by atoms with Crippen molar-refractivity contribution in [2.45, 2.75) is 37.0 Å². The van der Waals surface area contributed by atoms with E-state index in [-0.39, 0.29) is 17.2 Å². The molecule has 0 heterocycles. The molecular formula is C19H24N2O4S2. The second-order valence-electron chi connectivity index (χ2n) is 5.90. The molecule has 6 nitrogen and oxygen atoms in total. The summed E-state index contributed by atoms with van der Waals surface area (Å²) in [6.45, 7) is 6.44. The van der Waals surface area contributed by atoms with E-state index in [2.05, 4.69) is 16.3 Å². The van der Waals surface area contributed by atoms with Gasteiger partial charge in [-0.15, -0.1) is 16.6 Å². The molecule has 2 N–H and O–H groups in total. The van der Waals surface area contributed by atoms with Crippen molar-refractivity contribution in [1.82, 2.24) is 10.3 Å². The highest BCUT2D eigenvalue weighted by Crippen LogP contribution is 2.21. The minimum absolute atomic E-state index is 0.0516. The third kappa shape index (κ3) is 6.57. The Labute approximate surface area is 164 Å². The summed E-state index contributed by atoms with van der Waals surface area (Å²) in [5.74, 6) is 0.753. The van der Waals surface area contributed by atoms with Crippen LogP contribution in [0, 0.1) is 13.8 Å². The van der Waals surface area contributed by atoms with Crippen LogP contribution in [0.15, 0.2) is 52.3 Å². The van der Waals surface area contributed by atoms with Gasteiger partial charge in [-0.05, 0) is 68.3 Å². The molecule has 0 saturated carbocycles. The Balaban J connectivity index is 1.80. The van der Waals surface area contributed by atoms with Crippen LogP contribution in [0.5, 0.6) is 5.75 Å². The zero-order chi connectivity index (χ0) is 19.9. The predicted molar refractivity (Wildman–Crippen MR) is 107 cm³/mol. The number of amides is 1. The zero-order valence-electron chi connectivity index (χ0n) is 15.6. The number of carbonyl (C=O) groups is 1. The number of thioether (sulfide) groups is 1. The van der Waals surface area contributed by atoms with Gasteiger partial charge in [-0.3, -0.25) is 10.2 Å². The van der Waals surface area contributed by atoms with E-state index >= 15 is 0 Å². The van der Waals surface area contributed by atoms with Crippen LogP contribution in [0.2, 0.25) is 0 Å². The molecule has 2 aromatic rings. The minimum atomic E-state index is -3.82. The number of ether oxygens (including phenoxy) is 1. The Morgan fingerprint density at radius 3 is 2.41 bits per heavy atom. The summed E-state index contributed by atoms with van der Waals surface area (Å²) in [4.78, 5) is 15.2. The number of hydrogen-bond acceptors (Lipinski definition) is 5. The maximum absolute atomic E-state index is 12.2. The van der Waals surface area contributed by atoms with Crippen LogP contribution >= 0.6 is 11.8 Å². The Morgan fingerprint density at radius 1 is 1.07 bits per heavy atom. The summed E-state index contributed by atoms with van der Waals surface area (Å²) in [6, 6.07) is 12.1. The normalized spacial score (nSPS) is 11.2. The SMILES string of the molecule is CCOc1ccc(S(=O)(=O)NNC(=O)CCSc2ccc(C)c(C)c2)cc1. The molecule has 0 radical (unpaired) electrons. The number of hydrazine groups is 1. The van der Waals surface area contributed by atoms with Gasteiger partial charge in [0.2, 0.25) is 5.91 Å². The molecule has 8 heteroatoms. The van der Waals surface area contributed by atoms with Crippen LogP contribution in [-0.2, 0) is 14.8 Å². The van der Waals surface area contributed by atoms with E-state index in [1.54, 1.807) is 23.9 Å². The van der Waals surface area contributed by atoms with Crippen LogP contribution in [-0.4, -0.2) is 26.7 Å². The molecule has 0 saturated heterocycles. The van der Waals surface area contributed by atoms with Crippen LogP contribution in [0.1, 0.15) is 24.5 Å². The molecule has 0 aliphatic rings. The second-order valence-corrected chi connectivity index (χ2v) is 8.75. The Kier molecular flexibility index (Phi) is 7.70. The Bertz CT molecular complexity index is 881. The van der Waals surface area contributed by atoms with Crippen LogP contribution in [0.25, 0.3) is 0 Å². The van der Waals surface area contributed by atoms with Crippen molar-refractivity contribution in [3.63, 3.8) is 0 Å². The highest BCUT2D eigenvalue weighted by atomic mass is 32.2. The van der Waals surface area contributed by atoms with Gasteiger partial charge in [0, 0.05) is 17.1 Å². The highest BCUT2D eigenvalue weighted by Gasteiger charge is 2.15. The van der Waals surface area contributed by atoms with Gasteiger partial charge in [-0.25, -0.2) is 8.42 Å². The first-order chi connectivity index (χ1) is 12.8. The summed E-state index contributed by atoms with van der Waals surface area (Å²) in [5, 5.41) is 0. The van der Waals surface area contributed by atoms with Gasteiger partial charge in [0.15, 0.2) is 0 Å². The molecule has 1 amide bonds. The van der Waals surface area contributed by atoms with Gasteiger partial charge in [-0.1, -0.05) is 6.07 Å². The van der Waals surface area contributed by atoms with Gasteiger partial charge in [0.1, 0.15) is 5.75 Å². The van der Waals surface area contributed by atoms with E-state index in [1.807, 2.05) is 32.9 Å². The molecule has 0 atom stereocenters. The summed E-state index contributed by atoms with van der Waals surface area (Å²) < 4.78 is 29.7. The molecule has 0 aliphatic carbocycles. The van der Waals surface area contributed by atoms with Crippen LogP contribution in [0.4, 0.5) is 0 Å². The lowest BCUT2D eigenvalue weighted by Gasteiger charge is -2.09. The fourth-order valence-corrected chi connectivity index (χ4v) is 4.00. The maximum Gasteiger partial charge on any atom is 0.257 e. The largest absolute Gasteiger partial charge is 0.494 e. The third-order valence-corrected chi connectivity index (χ3v) is 6.11. The van der Waals surface area contributed by atoms with E-state index < -0.39 is 10.0 Å². The maximum atomic E-state index is 12.2. The zero-order valence-corrected chi connectivity index (χ0v) is 17.2. The van der Waals surface area contributed by atoms with Gasteiger partial charge in [0.05, 0.1) is 11.5 Å². The topological polar surface area (TPSA) is 84.5 Å². The number of sulfonamides is 1. The van der Waals surface area contributed by atoms with Crippen molar-refractivity contribution >= 4 is 27.7 Å². The fourth-order valence-electron chi connectivity index (χ4n) is 2.19. The third-order valence-electron chi connectivity index (χ3n) is 3.85. The smallest absolute Gasteiger partial charge is 0.257 e. The van der Waals surface area contributed by atoms with Gasteiger partial charge in [0.25, 0.3) is 10.0 Å².